The van der Waals surface area contributed by atoms with Gasteiger partial charge in [-0.25, -0.2) is 8.42 Å². The molecule has 2 aromatic carbocycles. The van der Waals surface area contributed by atoms with Gasteiger partial charge < -0.3 is 19.7 Å². The predicted molar refractivity (Wildman–Crippen MR) is 128 cm³/mol. The maximum atomic E-state index is 13.4. The van der Waals surface area contributed by atoms with Crippen molar-refractivity contribution in [2.45, 2.75) is 24.3 Å². The lowest BCUT2D eigenvalue weighted by molar-refractivity contribution is -0.134. The highest BCUT2D eigenvalue weighted by Gasteiger charge is 2.34. The second-order valence-electron chi connectivity index (χ2n) is 8.39. The van der Waals surface area contributed by atoms with Crippen LogP contribution in [0.2, 0.25) is 0 Å². The molecule has 0 saturated carbocycles. The Kier molecular flexibility index (Phi) is 7.23. The van der Waals surface area contributed by atoms with E-state index < -0.39 is 22.0 Å². The molecule has 1 aliphatic heterocycles. The third kappa shape index (κ3) is 5.55. The van der Waals surface area contributed by atoms with Crippen molar-refractivity contribution in [1.29, 1.82) is 0 Å². The molecule has 1 atom stereocenters. The van der Waals surface area contributed by atoms with Gasteiger partial charge in [-0.2, -0.15) is 4.31 Å². The molecule has 1 aromatic heterocycles. The number of benzene rings is 2. The first-order valence-electron chi connectivity index (χ1n) is 11.2. The maximum absolute atomic E-state index is 13.4. The van der Waals surface area contributed by atoms with E-state index in [1.807, 2.05) is 30.3 Å². The van der Waals surface area contributed by atoms with E-state index in [9.17, 15) is 23.1 Å². The summed E-state index contributed by atoms with van der Waals surface area (Å²) in [5, 5.41) is 12.9. The Hall–Kier alpha value is -3.63. The van der Waals surface area contributed by atoms with E-state index >= 15 is 0 Å². The molecule has 1 unspecified atom stereocenters. The number of nitrogens with zero attached hydrogens (tertiary/aromatic N) is 2. The number of aromatic hydroxyl groups is 1. The van der Waals surface area contributed by atoms with Crippen molar-refractivity contribution in [3.05, 3.63) is 83.8 Å². The first kappa shape index (κ1) is 24.5. The molecule has 0 radical (unpaired) electrons. The highest BCUT2D eigenvalue weighted by atomic mass is 32.2. The molecule has 1 aliphatic rings. The van der Waals surface area contributed by atoms with Crippen molar-refractivity contribution < 1.29 is 27.5 Å². The second kappa shape index (κ2) is 10.3. The van der Waals surface area contributed by atoms with Gasteiger partial charge in [0.25, 0.3) is 5.91 Å². The molecular formula is C25H27N3O6S. The van der Waals surface area contributed by atoms with Gasteiger partial charge in [-0.15, -0.1) is 0 Å². The number of hydrogen-bond donors (Lipinski definition) is 2. The molecular weight excluding hydrogens is 470 g/mol. The van der Waals surface area contributed by atoms with Crippen LogP contribution in [-0.2, 0) is 21.2 Å². The fraction of sp³-hybridized carbons (Fsp3) is 0.280. The zero-order valence-corrected chi connectivity index (χ0v) is 20.1. The van der Waals surface area contributed by atoms with Gasteiger partial charge in [0.1, 0.15) is 16.7 Å². The standard InChI is InChI=1S/C25H27N3O6S/c1-18-9-10-21(29)23(16-18)35(32,33)28-13-11-27(12-14-28)25(31)20(17-19-6-3-2-4-7-19)26-24(30)22-8-5-15-34-22/h2-10,15-16,20,29H,11-14,17H2,1H3,(H,26,30). The Balaban J connectivity index is 1.47. The lowest BCUT2D eigenvalue weighted by Gasteiger charge is -2.36. The summed E-state index contributed by atoms with van der Waals surface area (Å²) in [6.07, 6.45) is 1.66. The number of nitrogens with one attached hydrogen (secondary N) is 1. The maximum Gasteiger partial charge on any atom is 0.287 e. The van der Waals surface area contributed by atoms with E-state index in [4.69, 9.17) is 4.42 Å². The topological polar surface area (TPSA) is 120 Å². The Labute approximate surface area is 204 Å². The SMILES string of the molecule is Cc1ccc(O)c(S(=O)(=O)N2CCN(C(=O)C(Cc3ccccc3)NC(=O)c3ccco3)CC2)c1. The monoisotopic (exact) mass is 497 g/mol. The van der Waals surface area contributed by atoms with Crippen LogP contribution in [0.15, 0.2) is 76.2 Å². The number of carbonyl (C=O) groups is 2. The van der Waals surface area contributed by atoms with Crippen LogP contribution < -0.4 is 5.32 Å². The minimum absolute atomic E-state index is 0.0750. The second-order valence-corrected chi connectivity index (χ2v) is 10.3. The van der Waals surface area contributed by atoms with Gasteiger partial charge in [0.05, 0.1) is 6.26 Å². The quantitative estimate of drug-likeness (QED) is 0.516. The molecule has 3 aromatic rings. The molecule has 1 saturated heterocycles. The number of phenolic OH excluding ortho intramolecular Hbond substituents is 1. The van der Waals surface area contributed by atoms with Gasteiger partial charge in [0, 0.05) is 32.6 Å². The summed E-state index contributed by atoms with van der Waals surface area (Å²) in [5.41, 5.74) is 1.59. The number of furan rings is 1. The van der Waals surface area contributed by atoms with Crippen LogP contribution in [0.1, 0.15) is 21.7 Å². The van der Waals surface area contributed by atoms with Crippen molar-refractivity contribution in [1.82, 2.24) is 14.5 Å². The number of sulfonamides is 1. The molecule has 2 heterocycles. The van der Waals surface area contributed by atoms with E-state index in [0.29, 0.717) is 5.56 Å². The lowest BCUT2D eigenvalue weighted by atomic mass is 10.0. The smallest absolute Gasteiger partial charge is 0.287 e. The number of amides is 2. The van der Waals surface area contributed by atoms with Crippen molar-refractivity contribution in [2.24, 2.45) is 0 Å². The number of rotatable bonds is 7. The van der Waals surface area contributed by atoms with Crippen molar-refractivity contribution in [3.63, 3.8) is 0 Å². The third-order valence-electron chi connectivity index (χ3n) is 5.91. The fourth-order valence-electron chi connectivity index (χ4n) is 4.02. The number of piperazine rings is 1. The zero-order chi connectivity index (χ0) is 25.0. The number of carbonyl (C=O) groups excluding carboxylic acids is 2. The van der Waals surface area contributed by atoms with Crippen LogP contribution in [0.4, 0.5) is 0 Å². The van der Waals surface area contributed by atoms with Crippen molar-refractivity contribution in [2.75, 3.05) is 26.2 Å². The molecule has 2 N–H and O–H groups in total. The van der Waals surface area contributed by atoms with E-state index in [2.05, 4.69) is 5.32 Å². The zero-order valence-electron chi connectivity index (χ0n) is 19.3. The summed E-state index contributed by atoms with van der Waals surface area (Å²) in [6, 6.07) is 16.0. The molecule has 184 valence electrons. The molecule has 0 spiro atoms. The Morgan fingerprint density at radius 1 is 1.03 bits per heavy atom. The first-order valence-corrected chi connectivity index (χ1v) is 12.7. The van der Waals surface area contributed by atoms with Crippen LogP contribution in [-0.4, -0.2) is 66.8 Å². The van der Waals surface area contributed by atoms with Gasteiger partial charge in [-0.3, -0.25) is 9.59 Å². The number of phenols is 1. The van der Waals surface area contributed by atoms with E-state index in [1.165, 1.54) is 28.8 Å². The molecule has 1 fully saturated rings. The molecule has 9 nitrogen and oxygen atoms in total. The lowest BCUT2D eigenvalue weighted by Crippen LogP contribution is -2.56. The minimum Gasteiger partial charge on any atom is -0.507 e. The Bertz CT molecular complexity index is 1280. The summed E-state index contributed by atoms with van der Waals surface area (Å²) >= 11 is 0. The van der Waals surface area contributed by atoms with Crippen LogP contribution in [0.3, 0.4) is 0 Å². The van der Waals surface area contributed by atoms with E-state index in [1.54, 1.807) is 24.0 Å². The molecule has 0 bridgehead atoms. The summed E-state index contributed by atoms with van der Waals surface area (Å²) in [4.78, 5) is 27.4. The summed E-state index contributed by atoms with van der Waals surface area (Å²) < 4.78 is 32.6. The third-order valence-corrected chi connectivity index (χ3v) is 7.84. The predicted octanol–water partition coefficient (Wildman–Crippen LogP) is 2.17. The molecule has 2 amide bonds. The molecule has 4 rings (SSSR count). The molecule has 0 aliphatic carbocycles. The molecule has 35 heavy (non-hydrogen) atoms. The average molecular weight is 498 g/mol. The number of hydrogen-bond acceptors (Lipinski definition) is 6. The summed E-state index contributed by atoms with van der Waals surface area (Å²) in [5.74, 6) is -1.01. The fourth-order valence-corrected chi connectivity index (χ4v) is 5.61. The van der Waals surface area contributed by atoms with Gasteiger partial charge in [-0.05, 0) is 42.3 Å². The highest BCUT2D eigenvalue weighted by Crippen LogP contribution is 2.27. The Morgan fingerprint density at radius 2 is 1.74 bits per heavy atom. The van der Waals surface area contributed by atoms with Gasteiger partial charge in [-0.1, -0.05) is 36.4 Å². The first-order chi connectivity index (χ1) is 16.8. The molecule has 10 heteroatoms. The van der Waals surface area contributed by atoms with Crippen LogP contribution in [0.5, 0.6) is 5.75 Å². The minimum atomic E-state index is -3.92. The van der Waals surface area contributed by atoms with Crippen molar-refractivity contribution in [3.8, 4) is 5.75 Å². The summed E-state index contributed by atoms with van der Waals surface area (Å²) in [7, 11) is -3.92. The van der Waals surface area contributed by atoms with Gasteiger partial charge in [0.2, 0.25) is 15.9 Å². The average Bonchev–Trinajstić information content (AvgIpc) is 3.41. The van der Waals surface area contributed by atoms with Crippen LogP contribution in [0, 0.1) is 6.92 Å². The Morgan fingerprint density at radius 3 is 2.40 bits per heavy atom. The van der Waals surface area contributed by atoms with E-state index in [-0.39, 0.29) is 54.9 Å². The van der Waals surface area contributed by atoms with E-state index in [0.717, 1.165) is 5.56 Å². The highest BCUT2D eigenvalue weighted by molar-refractivity contribution is 7.89. The van der Waals surface area contributed by atoms with Crippen LogP contribution in [0.25, 0.3) is 0 Å². The largest absolute Gasteiger partial charge is 0.507 e. The summed E-state index contributed by atoms with van der Waals surface area (Å²) in [6.45, 7) is 2.22. The number of aryl methyl sites for hydroxylation is 1. The van der Waals surface area contributed by atoms with Crippen molar-refractivity contribution >= 4 is 21.8 Å². The van der Waals surface area contributed by atoms with Gasteiger partial charge in [0.15, 0.2) is 5.76 Å². The normalized spacial score (nSPS) is 15.5. The van der Waals surface area contributed by atoms with Gasteiger partial charge >= 0.3 is 0 Å². The van der Waals surface area contributed by atoms with Crippen LogP contribution >= 0.6 is 0 Å².